The molecule has 1 aromatic carbocycles. The van der Waals surface area contributed by atoms with Gasteiger partial charge in [0.2, 0.25) is 11.8 Å². The summed E-state index contributed by atoms with van der Waals surface area (Å²) in [6.45, 7) is 2.71. The lowest BCUT2D eigenvalue weighted by Gasteiger charge is -2.21. The normalized spacial score (nSPS) is 33.8. The van der Waals surface area contributed by atoms with E-state index in [9.17, 15) is 9.59 Å². The monoisotopic (exact) mass is 244 g/mol. The average Bonchev–Trinajstić information content (AvgIpc) is 2.93. The van der Waals surface area contributed by atoms with Gasteiger partial charge in [0.25, 0.3) is 0 Å². The second-order valence-electron chi connectivity index (χ2n) is 5.41. The van der Waals surface area contributed by atoms with Gasteiger partial charge in [-0.3, -0.25) is 14.5 Å². The molecule has 18 heavy (non-hydrogen) atoms. The Morgan fingerprint density at radius 3 is 2.22 bits per heavy atom. The van der Waals surface area contributed by atoms with Crippen molar-refractivity contribution in [3.8, 4) is 0 Å². The Hall–Kier alpha value is -1.68. The van der Waals surface area contributed by atoms with Crippen molar-refractivity contribution in [1.29, 1.82) is 0 Å². The molecule has 94 valence electrons. The number of piperidine rings is 1. The number of imide groups is 1. The third kappa shape index (κ3) is 1.35. The van der Waals surface area contributed by atoms with E-state index < -0.39 is 0 Å². The minimum atomic E-state index is -0.290. The standard InChI is InChI=1S/C14H16N2O2/c1-14(8-15)10-11(14)13(18)16(12(10)17)7-9-5-3-2-4-6-9/h2-6,10-11H,7-8,15H2,1H3. The number of likely N-dealkylation sites (tertiary alicyclic amines) is 1. The van der Waals surface area contributed by atoms with E-state index in [2.05, 4.69) is 0 Å². The molecule has 2 fully saturated rings. The number of amides is 2. The summed E-state index contributed by atoms with van der Waals surface area (Å²) in [4.78, 5) is 25.7. The Kier molecular flexibility index (Phi) is 2.32. The van der Waals surface area contributed by atoms with Gasteiger partial charge in [-0.25, -0.2) is 0 Å². The Labute approximate surface area is 106 Å². The highest BCUT2D eigenvalue weighted by atomic mass is 16.2. The van der Waals surface area contributed by atoms with E-state index in [1.807, 2.05) is 37.3 Å². The maximum absolute atomic E-state index is 12.2. The van der Waals surface area contributed by atoms with Crippen LogP contribution >= 0.6 is 0 Å². The third-order valence-corrected chi connectivity index (χ3v) is 4.33. The molecule has 2 amide bonds. The molecule has 0 bridgehead atoms. The molecule has 2 unspecified atom stereocenters. The first-order chi connectivity index (χ1) is 8.59. The van der Waals surface area contributed by atoms with Crippen LogP contribution in [0.3, 0.4) is 0 Å². The topological polar surface area (TPSA) is 63.4 Å². The molecule has 4 heteroatoms. The van der Waals surface area contributed by atoms with Crippen LogP contribution in [0.4, 0.5) is 0 Å². The quantitative estimate of drug-likeness (QED) is 0.799. The summed E-state index contributed by atoms with van der Waals surface area (Å²) < 4.78 is 0. The van der Waals surface area contributed by atoms with Gasteiger partial charge in [-0.05, 0) is 12.1 Å². The first-order valence-electron chi connectivity index (χ1n) is 6.19. The van der Waals surface area contributed by atoms with E-state index in [-0.39, 0.29) is 29.1 Å². The van der Waals surface area contributed by atoms with Crippen molar-refractivity contribution >= 4 is 11.8 Å². The van der Waals surface area contributed by atoms with Crippen molar-refractivity contribution in [3.63, 3.8) is 0 Å². The van der Waals surface area contributed by atoms with Crippen molar-refractivity contribution in [2.75, 3.05) is 6.54 Å². The van der Waals surface area contributed by atoms with Crippen molar-refractivity contribution in [3.05, 3.63) is 35.9 Å². The number of hydrogen-bond donors (Lipinski definition) is 1. The Bertz CT molecular complexity index is 490. The van der Waals surface area contributed by atoms with Gasteiger partial charge in [-0.15, -0.1) is 0 Å². The SMILES string of the molecule is CC1(CN)C2C(=O)N(Cc3ccccc3)C(=O)C21. The highest BCUT2D eigenvalue weighted by Crippen LogP contribution is 2.63. The first-order valence-corrected chi connectivity index (χ1v) is 6.19. The Morgan fingerprint density at radius 1 is 1.17 bits per heavy atom. The maximum atomic E-state index is 12.2. The summed E-state index contributed by atoms with van der Waals surface area (Å²) in [5.41, 5.74) is 6.35. The minimum Gasteiger partial charge on any atom is -0.330 e. The summed E-state index contributed by atoms with van der Waals surface area (Å²) in [6.07, 6.45) is 0. The second-order valence-corrected chi connectivity index (χ2v) is 5.41. The van der Waals surface area contributed by atoms with E-state index in [0.29, 0.717) is 13.1 Å². The van der Waals surface area contributed by atoms with Crippen LogP contribution < -0.4 is 5.73 Å². The first kappa shape index (κ1) is 11.4. The molecule has 2 atom stereocenters. The molecule has 1 aliphatic carbocycles. The van der Waals surface area contributed by atoms with Gasteiger partial charge in [-0.1, -0.05) is 37.3 Å². The highest BCUT2D eigenvalue weighted by molar-refractivity contribution is 6.10. The molecule has 1 aliphatic heterocycles. The van der Waals surface area contributed by atoms with Crippen molar-refractivity contribution in [2.45, 2.75) is 13.5 Å². The van der Waals surface area contributed by atoms with E-state index in [1.165, 1.54) is 4.90 Å². The van der Waals surface area contributed by atoms with E-state index >= 15 is 0 Å². The van der Waals surface area contributed by atoms with E-state index in [1.54, 1.807) is 0 Å². The van der Waals surface area contributed by atoms with Gasteiger partial charge in [0.15, 0.2) is 0 Å². The summed E-state index contributed by atoms with van der Waals surface area (Å²) in [5.74, 6) is -0.471. The van der Waals surface area contributed by atoms with Crippen LogP contribution in [0.15, 0.2) is 30.3 Å². The Balaban J connectivity index is 1.79. The second kappa shape index (κ2) is 3.65. The molecule has 2 N–H and O–H groups in total. The zero-order chi connectivity index (χ0) is 12.9. The van der Waals surface area contributed by atoms with Crippen LogP contribution in [0, 0.1) is 17.3 Å². The molecule has 3 rings (SSSR count). The number of nitrogens with zero attached hydrogens (tertiary/aromatic N) is 1. The summed E-state index contributed by atoms with van der Waals surface area (Å²) >= 11 is 0. The predicted molar refractivity (Wildman–Crippen MR) is 66.1 cm³/mol. The van der Waals surface area contributed by atoms with E-state index in [4.69, 9.17) is 5.73 Å². The van der Waals surface area contributed by atoms with Gasteiger partial charge < -0.3 is 5.73 Å². The molecule has 0 aromatic heterocycles. The van der Waals surface area contributed by atoms with Gasteiger partial charge in [0, 0.05) is 5.41 Å². The summed E-state index contributed by atoms with van der Waals surface area (Å²) in [6, 6.07) is 9.58. The number of carbonyl (C=O) groups excluding carboxylic acids is 2. The van der Waals surface area contributed by atoms with Crippen LogP contribution in [0.2, 0.25) is 0 Å². The average molecular weight is 244 g/mol. The molecule has 2 aliphatic rings. The van der Waals surface area contributed by atoms with Crippen molar-refractivity contribution in [1.82, 2.24) is 4.90 Å². The summed E-state index contributed by atoms with van der Waals surface area (Å²) in [5, 5.41) is 0. The molecule has 0 spiro atoms. The van der Waals surface area contributed by atoms with Crippen molar-refractivity contribution in [2.24, 2.45) is 23.0 Å². The molecule has 4 nitrogen and oxygen atoms in total. The lowest BCUT2D eigenvalue weighted by molar-refractivity contribution is -0.143. The maximum Gasteiger partial charge on any atom is 0.234 e. The van der Waals surface area contributed by atoms with Crippen LogP contribution in [0.1, 0.15) is 12.5 Å². The van der Waals surface area contributed by atoms with Gasteiger partial charge in [0.05, 0.1) is 18.4 Å². The van der Waals surface area contributed by atoms with Gasteiger partial charge >= 0.3 is 0 Å². The number of benzene rings is 1. The molecular weight excluding hydrogens is 228 g/mol. The van der Waals surface area contributed by atoms with Crippen molar-refractivity contribution < 1.29 is 9.59 Å². The summed E-state index contributed by atoms with van der Waals surface area (Å²) in [7, 11) is 0. The molecular formula is C14H16N2O2. The Morgan fingerprint density at radius 2 is 1.72 bits per heavy atom. The zero-order valence-corrected chi connectivity index (χ0v) is 10.3. The fourth-order valence-electron chi connectivity index (χ4n) is 3.03. The molecule has 1 saturated carbocycles. The van der Waals surface area contributed by atoms with Gasteiger partial charge in [0.1, 0.15) is 0 Å². The molecule has 1 saturated heterocycles. The van der Waals surface area contributed by atoms with E-state index in [0.717, 1.165) is 5.56 Å². The zero-order valence-electron chi connectivity index (χ0n) is 10.3. The smallest absolute Gasteiger partial charge is 0.234 e. The lowest BCUT2D eigenvalue weighted by atomic mass is 10.0. The largest absolute Gasteiger partial charge is 0.330 e. The highest BCUT2D eigenvalue weighted by Gasteiger charge is 2.74. The van der Waals surface area contributed by atoms with Gasteiger partial charge in [-0.2, -0.15) is 0 Å². The third-order valence-electron chi connectivity index (χ3n) is 4.33. The number of nitrogens with two attached hydrogens (primary N) is 1. The number of carbonyl (C=O) groups is 2. The van der Waals surface area contributed by atoms with Crippen LogP contribution in [-0.4, -0.2) is 23.3 Å². The number of hydrogen-bond acceptors (Lipinski definition) is 3. The number of rotatable bonds is 3. The minimum absolute atomic E-state index is 0.0539. The molecule has 1 aromatic rings. The van der Waals surface area contributed by atoms with Crippen LogP contribution in [0.25, 0.3) is 0 Å². The van der Waals surface area contributed by atoms with Crippen LogP contribution in [0.5, 0.6) is 0 Å². The lowest BCUT2D eigenvalue weighted by Crippen LogP contribution is -2.38. The molecule has 1 heterocycles. The van der Waals surface area contributed by atoms with Crippen LogP contribution in [-0.2, 0) is 16.1 Å². The predicted octanol–water partition coefficient (Wildman–Crippen LogP) is 0.766. The number of fused-ring (bicyclic) bond motifs is 1. The fourth-order valence-corrected chi connectivity index (χ4v) is 3.03. The fraction of sp³-hybridized carbons (Fsp3) is 0.429. The molecule has 0 radical (unpaired) electrons.